The van der Waals surface area contributed by atoms with Crippen LogP contribution in [0, 0.1) is 0 Å². The molecule has 0 saturated heterocycles. The molecule has 2 N–H and O–H groups in total. The van der Waals surface area contributed by atoms with Crippen LogP contribution in [0.5, 0.6) is 0 Å². The minimum atomic E-state index is -2.27. The van der Waals surface area contributed by atoms with Crippen molar-refractivity contribution in [2.45, 2.75) is 0 Å². The number of hydrogen-bond acceptors (Lipinski definition) is 2. The van der Waals surface area contributed by atoms with Crippen molar-refractivity contribution >= 4 is 34.1 Å². The standard InChI is InChI=1S/C26H19BO2/c28-27(29)26-23-15-6-4-13-21(23)25(22-14-5-7-16-24(22)26)20-12-8-11-19(17-20)18-9-2-1-3-10-18/h1-17,28-29H/i4D,5D,6D,7D,13D,14D,15D,16D. The second kappa shape index (κ2) is 7.21. The third-order valence-corrected chi connectivity index (χ3v) is 4.93. The van der Waals surface area contributed by atoms with Crippen LogP contribution in [0.3, 0.4) is 0 Å². The summed E-state index contributed by atoms with van der Waals surface area (Å²) in [6.45, 7) is 0. The van der Waals surface area contributed by atoms with Crippen molar-refractivity contribution in [3.63, 3.8) is 0 Å². The van der Waals surface area contributed by atoms with Gasteiger partial charge in [-0.15, -0.1) is 0 Å². The lowest BCUT2D eigenvalue weighted by Gasteiger charge is -2.17. The maximum atomic E-state index is 10.4. The third-order valence-electron chi connectivity index (χ3n) is 4.93. The predicted octanol–water partition coefficient (Wildman–Crippen LogP) is 5.01. The maximum absolute atomic E-state index is 10.4. The highest BCUT2D eigenvalue weighted by atomic mass is 16.4. The largest absolute Gasteiger partial charge is 0.489 e. The van der Waals surface area contributed by atoms with Gasteiger partial charge in [0, 0.05) is 0 Å². The highest BCUT2D eigenvalue weighted by Crippen LogP contribution is 2.37. The second-order valence-corrected chi connectivity index (χ2v) is 6.61. The summed E-state index contributed by atoms with van der Waals surface area (Å²) < 4.78 is 67.6. The molecule has 0 amide bonds. The molecule has 0 spiro atoms. The Hall–Kier alpha value is -3.40. The quantitative estimate of drug-likeness (QED) is 0.340. The summed E-state index contributed by atoms with van der Waals surface area (Å²) in [6, 6.07) is 12.3. The van der Waals surface area contributed by atoms with E-state index in [1.165, 1.54) is 0 Å². The van der Waals surface area contributed by atoms with Crippen LogP contribution in [0.15, 0.2) is 103 Å². The Bertz CT molecular complexity index is 1660. The lowest BCUT2D eigenvalue weighted by atomic mass is 9.72. The van der Waals surface area contributed by atoms with E-state index in [4.69, 9.17) is 11.0 Å². The third kappa shape index (κ3) is 3.01. The average molecular weight is 382 g/mol. The van der Waals surface area contributed by atoms with E-state index in [0.29, 0.717) is 5.56 Å². The van der Waals surface area contributed by atoms with Gasteiger partial charge in [0.15, 0.2) is 0 Å². The molecule has 0 saturated carbocycles. The molecule has 0 bridgehead atoms. The van der Waals surface area contributed by atoms with Crippen molar-refractivity contribution in [3.05, 3.63) is 103 Å². The first-order valence-corrected chi connectivity index (χ1v) is 9.04. The Labute approximate surface area is 181 Å². The van der Waals surface area contributed by atoms with Crippen molar-refractivity contribution in [2.24, 2.45) is 0 Å². The molecule has 0 atom stereocenters. The highest BCUT2D eigenvalue weighted by molar-refractivity contribution is 6.66. The molecule has 0 radical (unpaired) electrons. The van der Waals surface area contributed by atoms with Crippen molar-refractivity contribution < 1.29 is 21.0 Å². The summed E-state index contributed by atoms with van der Waals surface area (Å²) in [6.07, 6.45) is 0. The van der Waals surface area contributed by atoms with E-state index in [1.807, 2.05) is 36.4 Å². The molecular formula is C26H19BO2. The molecule has 0 aliphatic heterocycles. The van der Waals surface area contributed by atoms with E-state index in [0.717, 1.165) is 11.1 Å². The number of hydrogen-bond donors (Lipinski definition) is 2. The molecule has 0 aliphatic carbocycles. The molecule has 5 rings (SSSR count). The Morgan fingerprint density at radius 3 is 1.69 bits per heavy atom. The fraction of sp³-hybridized carbons (Fsp3) is 0. The first kappa shape index (κ1) is 11.0. The smallest absolute Gasteiger partial charge is 0.423 e. The van der Waals surface area contributed by atoms with Crippen molar-refractivity contribution in [2.75, 3.05) is 0 Å². The van der Waals surface area contributed by atoms with Crippen molar-refractivity contribution in [3.8, 4) is 22.3 Å². The van der Waals surface area contributed by atoms with Gasteiger partial charge in [0.1, 0.15) is 0 Å². The van der Waals surface area contributed by atoms with Gasteiger partial charge in [-0.3, -0.25) is 0 Å². The maximum Gasteiger partial charge on any atom is 0.489 e. The molecule has 0 aromatic heterocycles. The number of benzene rings is 5. The zero-order valence-electron chi connectivity index (χ0n) is 23.2. The minimum absolute atomic E-state index is 0.0585. The molecular weight excluding hydrogens is 355 g/mol. The molecule has 0 aliphatic rings. The first-order chi connectivity index (χ1) is 17.6. The number of fused-ring (bicyclic) bond motifs is 2. The lowest BCUT2D eigenvalue weighted by Crippen LogP contribution is -2.31. The van der Waals surface area contributed by atoms with Crippen LogP contribution in [0.25, 0.3) is 43.8 Å². The molecule has 5 aromatic rings. The SMILES string of the molecule is [2H]c1c([2H])c([2H])c2c(-c3cccc(-c4ccccc4)c3)c3c([2H])c([2H])c([2H])c([2H])c3c(B(O)O)c2c1[2H]. The van der Waals surface area contributed by atoms with Gasteiger partial charge in [-0.1, -0.05) is 96.9 Å². The fourth-order valence-electron chi connectivity index (χ4n) is 3.69. The van der Waals surface area contributed by atoms with Gasteiger partial charge in [-0.25, -0.2) is 0 Å². The van der Waals surface area contributed by atoms with Gasteiger partial charge < -0.3 is 10.0 Å². The molecule has 0 unspecified atom stereocenters. The van der Waals surface area contributed by atoms with Crippen LogP contribution >= 0.6 is 0 Å². The summed E-state index contributed by atoms with van der Waals surface area (Å²) in [5, 5.41) is 20.2. The van der Waals surface area contributed by atoms with Gasteiger partial charge in [-0.2, -0.15) is 0 Å². The fourth-order valence-corrected chi connectivity index (χ4v) is 3.69. The molecule has 0 heterocycles. The van der Waals surface area contributed by atoms with Crippen LogP contribution < -0.4 is 5.46 Å². The lowest BCUT2D eigenvalue weighted by molar-refractivity contribution is 0.426. The average Bonchev–Trinajstić information content (AvgIpc) is 2.91. The van der Waals surface area contributed by atoms with Crippen molar-refractivity contribution in [1.82, 2.24) is 0 Å². The Balaban J connectivity index is 2.12. The predicted molar refractivity (Wildman–Crippen MR) is 122 cm³/mol. The van der Waals surface area contributed by atoms with E-state index in [9.17, 15) is 10.0 Å². The van der Waals surface area contributed by atoms with Crippen LogP contribution in [0.4, 0.5) is 0 Å². The topological polar surface area (TPSA) is 40.5 Å². The zero-order chi connectivity index (χ0) is 26.8. The van der Waals surface area contributed by atoms with Gasteiger partial charge >= 0.3 is 7.12 Å². The van der Waals surface area contributed by atoms with Gasteiger partial charge in [0.05, 0.1) is 11.0 Å². The van der Waals surface area contributed by atoms with Gasteiger partial charge in [0.25, 0.3) is 0 Å². The Kier molecular flexibility index (Phi) is 2.73. The van der Waals surface area contributed by atoms with E-state index < -0.39 is 60.9 Å². The first-order valence-electron chi connectivity index (χ1n) is 13.0. The normalized spacial score (nSPS) is 15.0. The summed E-state index contributed by atoms with van der Waals surface area (Å²) in [4.78, 5) is 0. The summed E-state index contributed by atoms with van der Waals surface area (Å²) in [5.41, 5.74) is 1.88. The summed E-state index contributed by atoms with van der Waals surface area (Å²) in [5.74, 6) is 0. The van der Waals surface area contributed by atoms with Gasteiger partial charge in [-0.05, 0) is 55.3 Å². The zero-order valence-corrected chi connectivity index (χ0v) is 15.2. The summed E-state index contributed by atoms with van der Waals surface area (Å²) in [7, 11) is -2.27. The van der Waals surface area contributed by atoms with Crippen molar-refractivity contribution in [1.29, 1.82) is 0 Å². The molecule has 3 heteroatoms. The molecule has 29 heavy (non-hydrogen) atoms. The van der Waals surface area contributed by atoms with Crippen LogP contribution in [-0.2, 0) is 0 Å². The van der Waals surface area contributed by atoms with Crippen LogP contribution in [0.2, 0.25) is 0 Å². The molecule has 138 valence electrons. The monoisotopic (exact) mass is 382 g/mol. The summed E-state index contributed by atoms with van der Waals surface area (Å²) >= 11 is 0. The van der Waals surface area contributed by atoms with Crippen LogP contribution in [0.1, 0.15) is 11.0 Å². The minimum Gasteiger partial charge on any atom is -0.423 e. The van der Waals surface area contributed by atoms with Crippen LogP contribution in [-0.4, -0.2) is 17.2 Å². The van der Waals surface area contributed by atoms with E-state index in [1.54, 1.807) is 18.2 Å². The Morgan fingerprint density at radius 2 is 1.10 bits per heavy atom. The second-order valence-electron chi connectivity index (χ2n) is 6.61. The molecule has 0 fully saturated rings. The highest BCUT2D eigenvalue weighted by Gasteiger charge is 2.22. The van der Waals surface area contributed by atoms with Gasteiger partial charge in [0.2, 0.25) is 0 Å². The number of rotatable bonds is 3. The van der Waals surface area contributed by atoms with E-state index in [2.05, 4.69) is 0 Å². The molecule has 2 nitrogen and oxygen atoms in total. The van der Waals surface area contributed by atoms with E-state index >= 15 is 0 Å². The van der Waals surface area contributed by atoms with E-state index in [-0.39, 0.29) is 27.1 Å². The Morgan fingerprint density at radius 1 is 0.586 bits per heavy atom. The molecule has 5 aromatic carbocycles.